The summed E-state index contributed by atoms with van der Waals surface area (Å²) < 4.78 is 5.38. The van der Waals surface area contributed by atoms with Gasteiger partial charge >= 0.3 is 0 Å². The molecule has 1 atom stereocenters. The van der Waals surface area contributed by atoms with Gasteiger partial charge in [-0.3, -0.25) is 4.90 Å². The maximum Gasteiger partial charge on any atom is 0.0594 e. The Morgan fingerprint density at radius 3 is 2.53 bits per heavy atom. The molecule has 1 unspecified atom stereocenters. The third-order valence-corrected chi connectivity index (χ3v) is 3.76. The maximum absolute atomic E-state index is 5.38. The van der Waals surface area contributed by atoms with E-state index in [-0.39, 0.29) is 0 Å². The van der Waals surface area contributed by atoms with Crippen LogP contribution in [0.2, 0.25) is 0 Å². The van der Waals surface area contributed by atoms with Crippen LogP contribution in [0.25, 0.3) is 0 Å². The van der Waals surface area contributed by atoms with Gasteiger partial charge in [-0.15, -0.1) is 0 Å². The highest BCUT2D eigenvalue weighted by Crippen LogP contribution is 2.16. The summed E-state index contributed by atoms with van der Waals surface area (Å²) in [4.78, 5) is 2.46. The summed E-state index contributed by atoms with van der Waals surface area (Å²) in [6, 6.07) is 9.09. The van der Waals surface area contributed by atoms with E-state index >= 15 is 0 Å². The fraction of sp³-hybridized carbons (Fsp3) is 0.625. The Balaban J connectivity index is 1.86. The van der Waals surface area contributed by atoms with Crippen molar-refractivity contribution in [3.63, 3.8) is 0 Å². The molecule has 1 heterocycles. The van der Waals surface area contributed by atoms with Crippen molar-refractivity contribution in [3.8, 4) is 0 Å². The topological polar surface area (TPSA) is 24.5 Å². The number of morpholine rings is 1. The van der Waals surface area contributed by atoms with Crippen LogP contribution in [0.15, 0.2) is 24.3 Å². The molecule has 0 aliphatic carbocycles. The summed E-state index contributed by atoms with van der Waals surface area (Å²) >= 11 is 0. The molecule has 0 saturated carbocycles. The van der Waals surface area contributed by atoms with Gasteiger partial charge in [0.2, 0.25) is 0 Å². The molecule has 3 nitrogen and oxygen atoms in total. The molecule has 0 amide bonds. The predicted molar refractivity (Wildman–Crippen MR) is 79.5 cm³/mol. The molecule has 1 N–H and O–H groups in total. The van der Waals surface area contributed by atoms with Crippen molar-refractivity contribution in [3.05, 3.63) is 35.4 Å². The fourth-order valence-electron chi connectivity index (χ4n) is 2.45. The number of benzene rings is 1. The minimum atomic E-state index is 0.581. The number of nitrogens with zero attached hydrogens (tertiary/aromatic N) is 1. The van der Waals surface area contributed by atoms with Gasteiger partial charge in [0.25, 0.3) is 0 Å². The van der Waals surface area contributed by atoms with Crippen molar-refractivity contribution in [2.24, 2.45) is 0 Å². The van der Waals surface area contributed by atoms with Gasteiger partial charge in [-0.05, 0) is 23.6 Å². The molecule has 1 fully saturated rings. The molecule has 1 aromatic rings. The van der Waals surface area contributed by atoms with Crippen LogP contribution in [0.1, 0.15) is 30.9 Å². The zero-order valence-corrected chi connectivity index (χ0v) is 12.2. The van der Waals surface area contributed by atoms with Crippen LogP contribution in [0, 0.1) is 0 Å². The number of nitrogens with one attached hydrogen (secondary N) is 1. The SMILES string of the molecule is CCNCC(C)c1ccc(CN2CCOCC2)cc1. The van der Waals surface area contributed by atoms with Gasteiger partial charge in [0.15, 0.2) is 0 Å². The smallest absolute Gasteiger partial charge is 0.0594 e. The lowest BCUT2D eigenvalue weighted by atomic mass is 9.99. The van der Waals surface area contributed by atoms with Gasteiger partial charge in [0.05, 0.1) is 13.2 Å². The molecule has 106 valence electrons. The highest BCUT2D eigenvalue weighted by molar-refractivity contribution is 5.25. The second kappa shape index (κ2) is 7.63. The van der Waals surface area contributed by atoms with Gasteiger partial charge in [-0.2, -0.15) is 0 Å². The molecular weight excluding hydrogens is 236 g/mol. The highest BCUT2D eigenvalue weighted by atomic mass is 16.5. The zero-order valence-electron chi connectivity index (χ0n) is 12.2. The molecule has 3 heteroatoms. The summed E-state index contributed by atoms with van der Waals surface area (Å²) in [5, 5.41) is 3.40. The Kier molecular flexibility index (Phi) is 5.83. The van der Waals surface area contributed by atoms with Gasteiger partial charge in [0, 0.05) is 26.2 Å². The van der Waals surface area contributed by atoms with Gasteiger partial charge in [-0.25, -0.2) is 0 Å². The Bertz CT molecular complexity index is 358. The minimum Gasteiger partial charge on any atom is -0.379 e. The molecule has 2 rings (SSSR count). The fourth-order valence-corrected chi connectivity index (χ4v) is 2.45. The third kappa shape index (κ3) is 4.60. The van der Waals surface area contributed by atoms with Crippen LogP contribution in [0.5, 0.6) is 0 Å². The van der Waals surface area contributed by atoms with E-state index in [2.05, 4.69) is 48.3 Å². The average Bonchev–Trinajstić information content (AvgIpc) is 2.46. The Morgan fingerprint density at radius 2 is 1.89 bits per heavy atom. The molecule has 1 saturated heterocycles. The van der Waals surface area contributed by atoms with Crippen LogP contribution in [-0.4, -0.2) is 44.3 Å². The van der Waals surface area contributed by atoms with Crippen LogP contribution in [-0.2, 0) is 11.3 Å². The highest BCUT2D eigenvalue weighted by Gasteiger charge is 2.11. The Hall–Kier alpha value is -0.900. The maximum atomic E-state index is 5.38. The van der Waals surface area contributed by atoms with E-state index in [1.165, 1.54) is 11.1 Å². The number of rotatable bonds is 6. The van der Waals surface area contributed by atoms with Crippen molar-refractivity contribution < 1.29 is 4.74 Å². The molecule has 0 aromatic heterocycles. The molecule has 0 bridgehead atoms. The van der Waals surface area contributed by atoms with E-state index in [4.69, 9.17) is 4.74 Å². The average molecular weight is 262 g/mol. The lowest BCUT2D eigenvalue weighted by molar-refractivity contribution is 0.0342. The standard InChI is InChI=1S/C16H26N2O/c1-3-17-12-14(2)16-6-4-15(5-7-16)13-18-8-10-19-11-9-18/h4-7,14,17H,3,8-13H2,1-2H3. The third-order valence-electron chi connectivity index (χ3n) is 3.76. The van der Waals surface area contributed by atoms with Crippen molar-refractivity contribution in [2.45, 2.75) is 26.3 Å². The second-order valence-corrected chi connectivity index (χ2v) is 5.34. The first-order valence-electron chi connectivity index (χ1n) is 7.39. The van der Waals surface area contributed by atoms with Crippen molar-refractivity contribution >= 4 is 0 Å². The summed E-state index contributed by atoms with van der Waals surface area (Å²) in [7, 11) is 0. The monoisotopic (exact) mass is 262 g/mol. The van der Waals surface area contributed by atoms with E-state index < -0.39 is 0 Å². The van der Waals surface area contributed by atoms with Gasteiger partial charge < -0.3 is 10.1 Å². The van der Waals surface area contributed by atoms with Crippen LogP contribution in [0.4, 0.5) is 0 Å². The molecule has 1 aromatic carbocycles. The van der Waals surface area contributed by atoms with Gasteiger partial charge in [0.1, 0.15) is 0 Å². The zero-order chi connectivity index (χ0) is 13.5. The number of ether oxygens (including phenoxy) is 1. The largest absolute Gasteiger partial charge is 0.379 e. The lowest BCUT2D eigenvalue weighted by Gasteiger charge is -2.26. The van der Waals surface area contributed by atoms with E-state index in [1.54, 1.807) is 0 Å². The van der Waals surface area contributed by atoms with Crippen molar-refractivity contribution in [1.82, 2.24) is 10.2 Å². The first-order chi connectivity index (χ1) is 9.29. The van der Waals surface area contributed by atoms with Crippen molar-refractivity contribution in [1.29, 1.82) is 0 Å². The second-order valence-electron chi connectivity index (χ2n) is 5.34. The quantitative estimate of drug-likeness (QED) is 0.851. The Labute approximate surface area is 116 Å². The van der Waals surface area contributed by atoms with E-state index in [9.17, 15) is 0 Å². The van der Waals surface area contributed by atoms with Gasteiger partial charge in [-0.1, -0.05) is 38.1 Å². The predicted octanol–water partition coefficient (Wildman–Crippen LogP) is 2.23. The molecule has 0 radical (unpaired) electrons. The molecule has 0 spiro atoms. The summed E-state index contributed by atoms with van der Waals surface area (Å²) in [5.74, 6) is 0.581. The summed E-state index contributed by atoms with van der Waals surface area (Å²) in [6.45, 7) is 11.4. The lowest BCUT2D eigenvalue weighted by Crippen LogP contribution is -2.35. The first-order valence-corrected chi connectivity index (χ1v) is 7.39. The summed E-state index contributed by atoms with van der Waals surface area (Å²) in [5.41, 5.74) is 2.83. The number of likely N-dealkylation sites (N-methyl/N-ethyl adjacent to an activating group) is 1. The van der Waals surface area contributed by atoms with Crippen LogP contribution >= 0.6 is 0 Å². The van der Waals surface area contributed by atoms with Crippen LogP contribution in [0.3, 0.4) is 0 Å². The number of hydrogen-bond donors (Lipinski definition) is 1. The first kappa shape index (κ1) is 14.5. The minimum absolute atomic E-state index is 0.581. The van der Waals surface area contributed by atoms with E-state index in [0.29, 0.717) is 5.92 Å². The Morgan fingerprint density at radius 1 is 1.21 bits per heavy atom. The molecule has 1 aliphatic heterocycles. The van der Waals surface area contributed by atoms with Crippen LogP contribution < -0.4 is 5.32 Å². The molecule has 19 heavy (non-hydrogen) atoms. The van der Waals surface area contributed by atoms with E-state index in [0.717, 1.165) is 45.9 Å². The van der Waals surface area contributed by atoms with E-state index in [1.807, 2.05) is 0 Å². The van der Waals surface area contributed by atoms with Crippen molar-refractivity contribution in [2.75, 3.05) is 39.4 Å². The molecule has 1 aliphatic rings. The molecular formula is C16H26N2O. The number of hydrogen-bond acceptors (Lipinski definition) is 3. The normalized spacial score (nSPS) is 18.4. The summed E-state index contributed by atoms with van der Waals surface area (Å²) in [6.07, 6.45) is 0.